The molecule has 0 amide bonds. The summed E-state index contributed by atoms with van der Waals surface area (Å²) >= 11 is 7.91. The smallest absolute Gasteiger partial charge is 0.190 e. The molecule has 2 heterocycles. The third-order valence-electron chi connectivity index (χ3n) is 4.48. The number of hydrogen-bond acceptors (Lipinski definition) is 3. The van der Waals surface area contributed by atoms with Crippen molar-refractivity contribution in [1.29, 1.82) is 0 Å². The van der Waals surface area contributed by atoms with Gasteiger partial charge in [-0.2, -0.15) is 0 Å². The highest BCUT2D eigenvalue weighted by Gasteiger charge is 2.13. The summed E-state index contributed by atoms with van der Waals surface area (Å²) < 4.78 is 7.74. The summed E-state index contributed by atoms with van der Waals surface area (Å²) in [6.45, 7) is 10.4. The minimum atomic E-state index is 0.770. The normalized spacial score (nSPS) is 16.7. The zero-order valence-electron chi connectivity index (χ0n) is 14.3. The highest BCUT2D eigenvalue weighted by Crippen LogP contribution is 2.21. The molecule has 0 spiro atoms. The molecule has 1 aromatic carbocycles. The first-order valence-corrected chi connectivity index (χ1v) is 9.76. The van der Waals surface area contributed by atoms with Crippen LogP contribution in [-0.2, 0) is 11.3 Å². The molecular weight excluding hydrogens is 342 g/mol. The Labute approximate surface area is 152 Å². The first-order valence-electron chi connectivity index (χ1n) is 8.50. The lowest BCUT2D eigenvalue weighted by molar-refractivity contribution is -0.908. The van der Waals surface area contributed by atoms with Crippen LogP contribution in [0.2, 0.25) is 5.02 Å². The molecule has 2 aromatic rings. The number of morpholine rings is 1. The number of hydrogen-bond donors (Lipinski definition) is 1. The maximum atomic E-state index is 6.22. The second kappa shape index (κ2) is 8.30. The maximum Gasteiger partial charge on any atom is 0.190 e. The van der Waals surface area contributed by atoms with Gasteiger partial charge in [-0.15, -0.1) is 11.3 Å². The summed E-state index contributed by atoms with van der Waals surface area (Å²) in [6, 6.07) is 5.99. The van der Waals surface area contributed by atoms with Gasteiger partial charge in [0.05, 0.1) is 25.4 Å². The lowest BCUT2D eigenvalue weighted by atomic mass is 10.2. The summed E-state index contributed by atoms with van der Waals surface area (Å²) in [7, 11) is 0. The standard InChI is InChI=1S/C18H24ClN3OS/c1-14-4-5-16(12-17(14)19)20-18-22(15(2)13-24-18)7-3-6-21-8-10-23-11-9-21/h4-5,12-13H,3,6-11H2,1-2H3/p+1. The highest BCUT2D eigenvalue weighted by atomic mass is 35.5. The molecule has 6 heteroatoms. The highest BCUT2D eigenvalue weighted by molar-refractivity contribution is 7.07. The third kappa shape index (κ3) is 4.48. The largest absolute Gasteiger partial charge is 0.370 e. The molecular formula is C18H25ClN3OS+. The van der Waals surface area contributed by atoms with Gasteiger partial charge >= 0.3 is 0 Å². The Bertz CT molecular complexity index is 747. The Hall–Kier alpha value is -1.14. The van der Waals surface area contributed by atoms with Gasteiger partial charge < -0.3 is 14.2 Å². The van der Waals surface area contributed by atoms with E-state index in [0.29, 0.717) is 0 Å². The number of aromatic nitrogens is 1. The number of nitrogens with zero attached hydrogens (tertiary/aromatic N) is 2. The molecule has 0 saturated carbocycles. The number of nitrogens with one attached hydrogen (secondary N) is 1. The Kier molecular flexibility index (Phi) is 6.11. The molecule has 24 heavy (non-hydrogen) atoms. The summed E-state index contributed by atoms with van der Waals surface area (Å²) in [5.41, 5.74) is 3.27. The number of aryl methyl sites for hydroxylation is 2. The Balaban J connectivity index is 1.70. The van der Waals surface area contributed by atoms with E-state index < -0.39 is 0 Å². The van der Waals surface area contributed by atoms with Crippen molar-refractivity contribution in [3.8, 4) is 0 Å². The van der Waals surface area contributed by atoms with Crippen molar-refractivity contribution in [2.75, 3.05) is 32.8 Å². The molecule has 3 rings (SSSR count). The molecule has 4 nitrogen and oxygen atoms in total. The van der Waals surface area contributed by atoms with Crippen molar-refractivity contribution < 1.29 is 9.64 Å². The molecule has 1 N–H and O–H groups in total. The number of thiazole rings is 1. The van der Waals surface area contributed by atoms with Crippen LogP contribution in [0.1, 0.15) is 17.7 Å². The first kappa shape index (κ1) is 17.7. The van der Waals surface area contributed by atoms with E-state index in [-0.39, 0.29) is 0 Å². The number of halogens is 1. The van der Waals surface area contributed by atoms with Crippen LogP contribution in [-0.4, -0.2) is 37.4 Å². The lowest BCUT2D eigenvalue weighted by Crippen LogP contribution is -3.14. The first-order chi connectivity index (χ1) is 11.6. The van der Waals surface area contributed by atoms with Gasteiger partial charge in [0.15, 0.2) is 4.80 Å². The van der Waals surface area contributed by atoms with E-state index >= 15 is 0 Å². The summed E-state index contributed by atoms with van der Waals surface area (Å²) in [4.78, 5) is 7.50. The van der Waals surface area contributed by atoms with E-state index in [1.165, 1.54) is 12.2 Å². The molecule has 1 aromatic heterocycles. The van der Waals surface area contributed by atoms with E-state index in [2.05, 4.69) is 16.9 Å². The molecule has 0 radical (unpaired) electrons. The predicted octanol–water partition coefficient (Wildman–Crippen LogP) is 2.36. The predicted molar refractivity (Wildman–Crippen MR) is 99.5 cm³/mol. The fraction of sp³-hybridized carbons (Fsp3) is 0.500. The molecule has 1 aliphatic rings. The Morgan fingerprint density at radius 3 is 2.83 bits per heavy atom. The van der Waals surface area contributed by atoms with E-state index in [0.717, 1.165) is 60.3 Å². The van der Waals surface area contributed by atoms with Gasteiger partial charge in [0, 0.05) is 29.1 Å². The van der Waals surface area contributed by atoms with Gasteiger partial charge in [0.1, 0.15) is 13.1 Å². The number of rotatable bonds is 5. The molecule has 1 fully saturated rings. The van der Waals surface area contributed by atoms with Crippen molar-refractivity contribution in [2.45, 2.75) is 26.8 Å². The van der Waals surface area contributed by atoms with E-state index in [1.54, 1.807) is 16.2 Å². The monoisotopic (exact) mass is 366 g/mol. The quantitative estimate of drug-likeness (QED) is 0.865. The van der Waals surface area contributed by atoms with Crippen LogP contribution >= 0.6 is 22.9 Å². The topological polar surface area (TPSA) is 31.0 Å². The Morgan fingerprint density at radius 1 is 1.29 bits per heavy atom. The van der Waals surface area contributed by atoms with Gasteiger partial charge in [-0.1, -0.05) is 17.7 Å². The van der Waals surface area contributed by atoms with Gasteiger partial charge in [-0.05, 0) is 31.5 Å². The minimum absolute atomic E-state index is 0.770. The third-order valence-corrected chi connectivity index (χ3v) is 5.87. The van der Waals surface area contributed by atoms with E-state index in [4.69, 9.17) is 21.3 Å². The zero-order valence-corrected chi connectivity index (χ0v) is 15.9. The molecule has 1 saturated heterocycles. The van der Waals surface area contributed by atoms with Crippen molar-refractivity contribution in [1.82, 2.24) is 4.57 Å². The number of quaternary nitrogens is 1. The summed E-state index contributed by atoms with van der Waals surface area (Å²) in [5, 5.41) is 2.95. The van der Waals surface area contributed by atoms with Crippen LogP contribution in [0.3, 0.4) is 0 Å². The lowest BCUT2D eigenvalue weighted by Gasteiger charge is -2.23. The second-order valence-electron chi connectivity index (χ2n) is 6.32. The van der Waals surface area contributed by atoms with Gasteiger partial charge in [0.25, 0.3) is 0 Å². The van der Waals surface area contributed by atoms with Crippen LogP contribution in [0, 0.1) is 13.8 Å². The van der Waals surface area contributed by atoms with E-state index in [9.17, 15) is 0 Å². The van der Waals surface area contributed by atoms with Crippen molar-refractivity contribution in [3.63, 3.8) is 0 Å². The number of ether oxygens (including phenoxy) is 1. The van der Waals surface area contributed by atoms with Crippen molar-refractivity contribution >= 4 is 28.6 Å². The maximum absolute atomic E-state index is 6.22. The fourth-order valence-electron chi connectivity index (χ4n) is 2.93. The fourth-order valence-corrected chi connectivity index (χ4v) is 4.03. The van der Waals surface area contributed by atoms with E-state index in [1.807, 2.05) is 25.1 Å². The van der Waals surface area contributed by atoms with Crippen LogP contribution in [0.15, 0.2) is 28.6 Å². The van der Waals surface area contributed by atoms with Gasteiger partial charge in [-0.25, -0.2) is 4.99 Å². The van der Waals surface area contributed by atoms with Crippen LogP contribution in [0.4, 0.5) is 5.69 Å². The molecule has 0 aliphatic carbocycles. The molecule has 1 aliphatic heterocycles. The number of benzene rings is 1. The van der Waals surface area contributed by atoms with Crippen LogP contribution < -0.4 is 9.70 Å². The molecule has 0 bridgehead atoms. The van der Waals surface area contributed by atoms with Crippen LogP contribution in [0.25, 0.3) is 0 Å². The average molecular weight is 367 g/mol. The van der Waals surface area contributed by atoms with Gasteiger partial charge in [-0.3, -0.25) is 0 Å². The Morgan fingerprint density at radius 2 is 2.08 bits per heavy atom. The molecule has 0 unspecified atom stereocenters. The second-order valence-corrected chi connectivity index (χ2v) is 7.57. The summed E-state index contributed by atoms with van der Waals surface area (Å²) in [6.07, 6.45) is 1.16. The van der Waals surface area contributed by atoms with Gasteiger partial charge in [0.2, 0.25) is 0 Å². The van der Waals surface area contributed by atoms with Crippen molar-refractivity contribution in [3.05, 3.63) is 44.7 Å². The average Bonchev–Trinajstić information content (AvgIpc) is 2.92. The zero-order chi connectivity index (χ0) is 16.9. The van der Waals surface area contributed by atoms with Crippen molar-refractivity contribution in [2.24, 2.45) is 4.99 Å². The molecule has 0 atom stereocenters. The van der Waals surface area contributed by atoms with Crippen LogP contribution in [0.5, 0.6) is 0 Å². The minimum Gasteiger partial charge on any atom is -0.370 e. The SMILES string of the molecule is Cc1ccc(N=c2scc(C)n2CCC[NH+]2CCOCC2)cc1Cl. The molecule has 130 valence electrons. The summed E-state index contributed by atoms with van der Waals surface area (Å²) in [5.74, 6) is 0.